The highest BCUT2D eigenvalue weighted by molar-refractivity contribution is 5.96. The van der Waals surface area contributed by atoms with Crippen molar-refractivity contribution in [3.63, 3.8) is 0 Å². The number of para-hydroxylation sites is 1. The van der Waals surface area contributed by atoms with Gasteiger partial charge in [-0.2, -0.15) is 0 Å². The van der Waals surface area contributed by atoms with Crippen LogP contribution in [0.2, 0.25) is 0 Å². The maximum absolute atomic E-state index is 12.3. The third-order valence-electron chi connectivity index (χ3n) is 3.52. The Balaban J connectivity index is 2.01. The molecule has 19 heavy (non-hydrogen) atoms. The summed E-state index contributed by atoms with van der Waals surface area (Å²) in [7, 11) is 0. The van der Waals surface area contributed by atoms with E-state index in [4.69, 9.17) is 4.42 Å². The van der Waals surface area contributed by atoms with E-state index >= 15 is 0 Å². The number of hydrogen-bond donors (Lipinski definition) is 0. The largest absolute Gasteiger partial charge is 0.422 e. The summed E-state index contributed by atoms with van der Waals surface area (Å²) in [4.78, 5) is 26.0. The first kappa shape index (κ1) is 12.0. The normalized spacial score (nSPS) is 15.7. The van der Waals surface area contributed by atoms with Gasteiger partial charge in [-0.1, -0.05) is 18.2 Å². The number of hydrogen-bond acceptors (Lipinski definition) is 3. The highest BCUT2D eigenvalue weighted by atomic mass is 16.4. The van der Waals surface area contributed by atoms with Crippen LogP contribution in [0.4, 0.5) is 0 Å². The third-order valence-corrected chi connectivity index (χ3v) is 3.52. The molecule has 1 aliphatic rings. The van der Waals surface area contributed by atoms with Gasteiger partial charge in [-0.15, -0.1) is 0 Å². The molecule has 0 saturated carbocycles. The number of rotatable bonds is 1. The number of carbonyl (C=O) groups excluding carboxylic acids is 1. The molecule has 2 aromatic rings. The van der Waals surface area contributed by atoms with Crippen molar-refractivity contribution in [2.75, 3.05) is 13.1 Å². The van der Waals surface area contributed by atoms with Crippen LogP contribution in [-0.4, -0.2) is 23.9 Å². The molecule has 0 aliphatic carbocycles. The van der Waals surface area contributed by atoms with Gasteiger partial charge in [-0.3, -0.25) is 4.79 Å². The highest BCUT2D eigenvalue weighted by Gasteiger charge is 2.21. The summed E-state index contributed by atoms with van der Waals surface area (Å²) in [5, 5.41) is 0.780. The number of piperidine rings is 1. The average molecular weight is 257 g/mol. The molecular weight excluding hydrogens is 242 g/mol. The van der Waals surface area contributed by atoms with Gasteiger partial charge >= 0.3 is 5.63 Å². The molecule has 0 N–H and O–H groups in total. The van der Waals surface area contributed by atoms with E-state index < -0.39 is 5.63 Å². The standard InChI is InChI=1S/C15H15NO3/c17-14(16-8-4-1-5-9-16)12-10-11-6-2-3-7-13(11)19-15(12)18/h2-3,6-7,10H,1,4-5,8-9H2. The Hall–Kier alpha value is -2.10. The van der Waals surface area contributed by atoms with Crippen LogP contribution >= 0.6 is 0 Å². The Kier molecular flexibility index (Phi) is 3.07. The van der Waals surface area contributed by atoms with Crippen LogP contribution in [0, 0.1) is 0 Å². The molecule has 98 valence electrons. The van der Waals surface area contributed by atoms with Gasteiger partial charge < -0.3 is 9.32 Å². The first-order valence-corrected chi connectivity index (χ1v) is 6.58. The van der Waals surface area contributed by atoms with Crippen LogP contribution < -0.4 is 5.63 Å². The van der Waals surface area contributed by atoms with Gasteiger partial charge in [0.15, 0.2) is 0 Å². The molecule has 2 heterocycles. The number of nitrogens with zero attached hydrogens (tertiary/aromatic N) is 1. The Morgan fingerprint density at radius 3 is 2.63 bits per heavy atom. The van der Waals surface area contributed by atoms with Crippen molar-refractivity contribution >= 4 is 16.9 Å². The SMILES string of the molecule is O=C(c1cc2ccccc2oc1=O)N1CCCCC1. The van der Waals surface area contributed by atoms with Crippen LogP contribution in [0.5, 0.6) is 0 Å². The van der Waals surface area contributed by atoms with Crippen molar-refractivity contribution in [3.8, 4) is 0 Å². The number of carbonyl (C=O) groups is 1. The topological polar surface area (TPSA) is 50.5 Å². The van der Waals surface area contributed by atoms with Crippen LogP contribution in [0.15, 0.2) is 39.5 Å². The molecule has 1 aromatic carbocycles. The van der Waals surface area contributed by atoms with Gasteiger partial charge in [-0.05, 0) is 31.4 Å². The summed E-state index contributed by atoms with van der Waals surface area (Å²) < 4.78 is 5.20. The summed E-state index contributed by atoms with van der Waals surface area (Å²) >= 11 is 0. The summed E-state index contributed by atoms with van der Waals surface area (Å²) in [5.74, 6) is -0.209. The molecular formula is C15H15NO3. The van der Waals surface area contributed by atoms with Gasteiger partial charge in [0, 0.05) is 18.5 Å². The van der Waals surface area contributed by atoms with Gasteiger partial charge in [0.25, 0.3) is 5.91 Å². The molecule has 1 aromatic heterocycles. The smallest absolute Gasteiger partial charge is 0.349 e. The minimum absolute atomic E-state index is 0.139. The molecule has 4 nitrogen and oxygen atoms in total. The maximum atomic E-state index is 12.3. The van der Waals surface area contributed by atoms with Crippen LogP contribution in [0.3, 0.4) is 0 Å². The molecule has 1 saturated heterocycles. The lowest BCUT2D eigenvalue weighted by molar-refractivity contribution is 0.0720. The minimum Gasteiger partial charge on any atom is -0.422 e. The maximum Gasteiger partial charge on any atom is 0.349 e. The Bertz CT molecular complexity index is 668. The number of likely N-dealkylation sites (tertiary alicyclic amines) is 1. The van der Waals surface area contributed by atoms with E-state index in [1.807, 2.05) is 12.1 Å². The predicted octanol–water partition coefficient (Wildman–Crippen LogP) is 2.42. The lowest BCUT2D eigenvalue weighted by Gasteiger charge is -2.26. The lowest BCUT2D eigenvalue weighted by atomic mass is 10.1. The fourth-order valence-corrected chi connectivity index (χ4v) is 2.48. The van der Waals surface area contributed by atoms with E-state index in [1.54, 1.807) is 23.1 Å². The molecule has 0 bridgehead atoms. The summed E-state index contributed by atoms with van der Waals surface area (Å²) in [6.45, 7) is 1.45. The zero-order chi connectivity index (χ0) is 13.2. The monoisotopic (exact) mass is 257 g/mol. The fourth-order valence-electron chi connectivity index (χ4n) is 2.48. The molecule has 3 rings (SSSR count). The highest BCUT2D eigenvalue weighted by Crippen LogP contribution is 2.16. The third kappa shape index (κ3) is 2.26. The number of benzene rings is 1. The first-order valence-electron chi connectivity index (χ1n) is 6.58. The van der Waals surface area contributed by atoms with E-state index in [1.165, 1.54) is 0 Å². The van der Waals surface area contributed by atoms with Crippen molar-refractivity contribution in [3.05, 3.63) is 46.3 Å². The van der Waals surface area contributed by atoms with E-state index in [9.17, 15) is 9.59 Å². The molecule has 1 fully saturated rings. The van der Waals surface area contributed by atoms with Crippen molar-refractivity contribution in [2.24, 2.45) is 0 Å². The van der Waals surface area contributed by atoms with E-state index in [2.05, 4.69) is 0 Å². The molecule has 0 radical (unpaired) electrons. The molecule has 4 heteroatoms. The van der Waals surface area contributed by atoms with Gasteiger partial charge in [0.05, 0.1) is 0 Å². The van der Waals surface area contributed by atoms with Gasteiger partial charge in [-0.25, -0.2) is 4.79 Å². The second-order valence-corrected chi connectivity index (χ2v) is 4.84. The van der Waals surface area contributed by atoms with Crippen molar-refractivity contribution < 1.29 is 9.21 Å². The van der Waals surface area contributed by atoms with Crippen LogP contribution in [-0.2, 0) is 0 Å². The van der Waals surface area contributed by atoms with Crippen LogP contribution in [0.25, 0.3) is 11.0 Å². The second-order valence-electron chi connectivity index (χ2n) is 4.84. The quantitative estimate of drug-likeness (QED) is 0.737. The predicted molar refractivity (Wildman–Crippen MR) is 72.2 cm³/mol. The van der Waals surface area contributed by atoms with Crippen molar-refractivity contribution in [2.45, 2.75) is 19.3 Å². The van der Waals surface area contributed by atoms with Crippen molar-refractivity contribution in [1.82, 2.24) is 4.90 Å². The summed E-state index contributed by atoms with van der Waals surface area (Å²) in [5.41, 5.74) is 0.109. The molecule has 0 atom stereocenters. The lowest BCUT2D eigenvalue weighted by Crippen LogP contribution is -2.37. The minimum atomic E-state index is -0.547. The summed E-state index contributed by atoms with van der Waals surface area (Å²) in [6.07, 6.45) is 3.16. The molecule has 1 aliphatic heterocycles. The zero-order valence-electron chi connectivity index (χ0n) is 10.6. The van der Waals surface area contributed by atoms with Crippen LogP contribution in [0.1, 0.15) is 29.6 Å². The fraction of sp³-hybridized carbons (Fsp3) is 0.333. The molecule has 1 amide bonds. The van der Waals surface area contributed by atoms with E-state index in [0.717, 1.165) is 37.7 Å². The van der Waals surface area contributed by atoms with Gasteiger partial charge in [0.1, 0.15) is 11.1 Å². The number of amides is 1. The molecule has 0 spiro atoms. The Labute approximate surface area is 110 Å². The van der Waals surface area contributed by atoms with E-state index in [0.29, 0.717) is 5.58 Å². The Morgan fingerprint density at radius 1 is 1.11 bits per heavy atom. The number of fused-ring (bicyclic) bond motifs is 1. The van der Waals surface area contributed by atoms with Gasteiger partial charge in [0.2, 0.25) is 0 Å². The zero-order valence-corrected chi connectivity index (χ0v) is 10.6. The molecule has 0 unspecified atom stereocenters. The summed E-state index contributed by atoms with van der Waals surface area (Å²) in [6, 6.07) is 8.87. The van der Waals surface area contributed by atoms with Crippen molar-refractivity contribution in [1.29, 1.82) is 0 Å². The Morgan fingerprint density at radius 2 is 1.84 bits per heavy atom. The second kappa shape index (κ2) is 4.88. The average Bonchev–Trinajstić information content (AvgIpc) is 2.47. The van der Waals surface area contributed by atoms with E-state index in [-0.39, 0.29) is 11.5 Å². The first-order chi connectivity index (χ1) is 9.25.